The van der Waals surface area contributed by atoms with Crippen LogP contribution in [0, 0.1) is 0 Å². The minimum Gasteiger partial charge on any atom is -0.340 e. The second-order valence-electron chi connectivity index (χ2n) is 3.19. The summed E-state index contributed by atoms with van der Waals surface area (Å²) in [4.78, 5) is 11.9. The van der Waals surface area contributed by atoms with Crippen molar-refractivity contribution in [3.05, 3.63) is 29.3 Å². The van der Waals surface area contributed by atoms with Crippen LogP contribution < -0.4 is 5.32 Å². The second-order valence-corrected chi connectivity index (χ2v) is 7.18. The van der Waals surface area contributed by atoms with Crippen molar-refractivity contribution in [3.63, 3.8) is 0 Å². The summed E-state index contributed by atoms with van der Waals surface area (Å²) in [5, 5.41) is 2.54. The second kappa shape index (κ2) is 6.39. The molecule has 0 aliphatic carbocycles. The molecule has 94 valence electrons. The quantitative estimate of drug-likeness (QED) is 0.509. The molecule has 0 heterocycles. The van der Waals surface area contributed by atoms with Crippen molar-refractivity contribution in [1.82, 2.24) is 5.32 Å². The van der Waals surface area contributed by atoms with E-state index in [4.69, 9.17) is 46.4 Å². The number of carbonyl (C=O) groups is 1. The molecule has 1 atom stereocenters. The normalized spacial score (nSPS) is 13.2. The van der Waals surface area contributed by atoms with Gasteiger partial charge in [-0.2, -0.15) is 0 Å². The summed E-state index contributed by atoms with van der Waals surface area (Å²) in [7, 11) is 0. The number of nitrogens with one attached hydrogen (secondary N) is 1. The first-order chi connectivity index (χ1) is 7.79. The van der Waals surface area contributed by atoms with Crippen LogP contribution in [0.4, 0.5) is 0 Å². The van der Waals surface area contributed by atoms with Gasteiger partial charge < -0.3 is 5.32 Å². The van der Waals surface area contributed by atoms with Crippen molar-refractivity contribution in [1.29, 1.82) is 0 Å². The first kappa shape index (κ1) is 15.3. The van der Waals surface area contributed by atoms with Crippen LogP contribution in [0.5, 0.6) is 0 Å². The van der Waals surface area contributed by atoms with E-state index in [1.807, 2.05) is 0 Å². The predicted octanol–water partition coefficient (Wildman–Crippen LogP) is 4.26. The molecule has 1 aromatic rings. The van der Waals surface area contributed by atoms with Crippen LogP contribution in [0.25, 0.3) is 0 Å². The van der Waals surface area contributed by atoms with E-state index >= 15 is 0 Å². The Bertz CT molecular complexity index is 390. The van der Waals surface area contributed by atoms with Gasteiger partial charge in [-0.05, 0) is 24.3 Å². The van der Waals surface area contributed by atoms with Crippen LogP contribution in [0.2, 0.25) is 5.02 Å². The average molecular weight is 333 g/mol. The summed E-state index contributed by atoms with van der Waals surface area (Å²) in [5.74, 6) is -0.261. The van der Waals surface area contributed by atoms with Gasteiger partial charge in [-0.15, -0.1) is 0 Å². The van der Waals surface area contributed by atoms with E-state index in [1.54, 1.807) is 24.3 Å². The number of benzene rings is 1. The number of halogens is 4. The van der Waals surface area contributed by atoms with Gasteiger partial charge in [-0.3, -0.25) is 4.79 Å². The SMILES string of the molecule is CC(=O)N[C@@H](Sc1ccc(Cl)cc1)C(Cl)(Cl)Cl. The lowest BCUT2D eigenvalue weighted by Gasteiger charge is -2.24. The Morgan fingerprint density at radius 2 is 1.82 bits per heavy atom. The minimum atomic E-state index is -1.59. The predicted molar refractivity (Wildman–Crippen MR) is 75.2 cm³/mol. The van der Waals surface area contributed by atoms with Gasteiger partial charge >= 0.3 is 0 Å². The van der Waals surface area contributed by atoms with Gasteiger partial charge in [0.2, 0.25) is 9.70 Å². The molecule has 0 spiro atoms. The van der Waals surface area contributed by atoms with Crippen molar-refractivity contribution in [2.45, 2.75) is 21.0 Å². The van der Waals surface area contributed by atoms with Crippen molar-refractivity contribution in [2.24, 2.45) is 0 Å². The molecular formula is C10H9Cl4NOS. The summed E-state index contributed by atoms with van der Waals surface area (Å²) < 4.78 is -1.59. The van der Waals surface area contributed by atoms with Crippen molar-refractivity contribution >= 4 is 64.1 Å². The monoisotopic (exact) mass is 331 g/mol. The van der Waals surface area contributed by atoms with Crippen LogP contribution in [0.1, 0.15) is 6.92 Å². The Morgan fingerprint density at radius 3 is 2.24 bits per heavy atom. The van der Waals surface area contributed by atoms with E-state index in [9.17, 15) is 4.79 Å². The van der Waals surface area contributed by atoms with Gasteiger partial charge in [-0.1, -0.05) is 58.2 Å². The molecule has 0 saturated heterocycles. The summed E-state index contributed by atoms with van der Waals surface area (Å²) in [6, 6.07) is 7.04. The number of thioether (sulfide) groups is 1. The first-order valence-electron chi connectivity index (χ1n) is 4.55. The highest BCUT2D eigenvalue weighted by atomic mass is 35.6. The number of hydrogen-bond acceptors (Lipinski definition) is 2. The van der Waals surface area contributed by atoms with Gasteiger partial charge in [0.15, 0.2) is 0 Å². The van der Waals surface area contributed by atoms with Gasteiger partial charge in [0.25, 0.3) is 0 Å². The highest BCUT2D eigenvalue weighted by Crippen LogP contribution is 2.39. The molecule has 0 unspecified atom stereocenters. The van der Waals surface area contributed by atoms with Crippen molar-refractivity contribution < 1.29 is 4.79 Å². The number of alkyl halides is 3. The third-order valence-corrected chi connectivity index (χ3v) is 4.25. The zero-order valence-electron chi connectivity index (χ0n) is 8.72. The zero-order valence-corrected chi connectivity index (χ0v) is 12.6. The highest BCUT2D eigenvalue weighted by Gasteiger charge is 2.34. The molecule has 7 heteroatoms. The molecule has 1 aromatic carbocycles. The standard InChI is InChI=1S/C10H9Cl4NOS/c1-6(16)15-9(10(12,13)14)17-8-4-2-7(11)3-5-8/h2-5,9H,1H3,(H,15,16)/t9-/m0/s1. The van der Waals surface area contributed by atoms with Crippen molar-refractivity contribution in [3.8, 4) is 0 Å². The van der Waals surface area contributed by atoms with Gasteiger partial charge in [0.05, 0.1) is 0 Å². The Hall–Kier alpha value is 0.200. The molecule has 0 saturated carbocycles. The number of hydrogen-bond donors (Lipinski definition) is 1. The molecule has 1 amide bonds. The van der Waals surface area contributed by atoms with E-state index in [0.717, 1.165) is 4.90 Å². The van der Waals surface area contributed by atoms with Crippen LogP contribution in [0.3, 0.4) is 0 Å². The van der Waals surface area contributed by atoms with E-state index < -0.39 is 9.17 Å². The average Bonchev–Trinajstić information content (AvgIpc) is 2.18. The van der Waals surface area contributed by atoms with Crippen LogP contribution >= 0.6 is 58.2 Å². The zero-order chi connectivity index (χ0) is 13.1. The van der Waals surface area contributed by atoms with Crippen molar-refractivity contribution in [2.75, 3.05) is 0 Å². The maximum absolute atomic E-state index is 11.0. The molecule has 0 fully saturated rings. The maximum atomic E-state index is 11.0. The lowest BCUT2D eigenvalue weighted by molar-refractivity contribution is -0.119. The lowest BCUT2D eigenvalue weighted by Crippen LogP contribution is -2.40. The molecule has 0 aliphatic rings. The lowest BCUT2D eigenvalue weighted by atomic mass is 10.4. The molecule has 0 bridgehead atoms. The van der Waals surface area contributed by atoms with Gasteiger partial charge in [-0.25, -0.2) is 0 Å². The summed E-state index contributed by atoms with van der Waals surface area (Å²) in [6.07, 6.45) is 0. The summed E-state index contributed by atoms with van der Waals surface area (Å²) in [6.45, 7) is 1.37. The number of carbonyl (C=O) groups excluding carboxylic acids is 1. The minimum absolute atomic E-state index is 0.261. The van der Waals surface area contributed by atoms with Crippen LogP contribution in [-0.4, -0.2) is 15.1 Å². The number of amides is 1. The van der Waals surface area contributed by atoms with Crippen LogP contribution in [0.15, 0.2) is 29.2 Å². The highest BCUT2D eigenvalue weighted by molar-refractivity contribution is 8.00. The Morgan fingerprint density at radius 1 is 1.29 bits per heavy atom. The first-order valence-corrected chi connectivity index (χ1v) is 6.94. The van der Waals surface area contributed by atoms with Gasteiger partial charge in [0.1, 0.15) is 5.37 Å². The largest absolute Gasteiger partial charge is 0.340 e. The Kier molecular flexibility index (Phi) is 5.74. The number of rotatable bonds is 3. The molecule has 1 N–H and O–H groups in total. The smallest absolute Gasteiger partial charge is 0.220 e. The molecule has 1 rings (SSSR count). The molecular weight excluding hydrogens is 324 g/mol. The molecule has 0 radical (unpaired) electrons. The van der Waals surface area contributed by atoms with E-state index in [0.29, 0.717) is 5.02 Å². The van der Waals surface area contributed by atoms with Gasteiger partial charge in [0, 0.05) is 16.8 Å². The molecule has 2 nitrogen and oxygen atoms in total. The van der Waals surface area contributed by atoms with Crippen LogP contribution in [-0.2, 0) is 4.79 Å². The van der Waals surface area contributed by atoms with E-state index in [1.165, 1.54) is 18.7 Å². The Balaban J connectivity index is 2.79. The third-order valence-electron chi connectivity index (χ3n) is 1.70. The fraction of sp³-hybridized carbons (Fsp3) is 0.300. The molecule has 17 heavy (non-hydrogen) atoms. The fourth-order valence-electron chi connectivity index (χ4n) is 1.01. The Labute approximate surface area is 124 Å². The van der Waals surface area contributed by atoms with E-state index in [-0.39, 0.29) is 5.91 Å². The summed E-state index contributed by atoms with van der Waals surface area (Å²) >= 11 is 24.4. The fourth-order valence-corrected chi connectivity index (χ4v) is 2.63. The third kappa shape index (κ3) is 5.58. The topological polar surface area (TPSA) is 29.1 Å². The maximum Gasteiger partial charge on any atom is 0.220 e. The molecule has 0 aliphatic heterocycles. The molecule has 0 aromatic heterocycles. The summed E-state index contributed by atoms with van der Waals surface area (Å²) in [5.41, 5.74) is 0. The van der Waals surface area contributed by atoms with E-state index in [2.05, 4.69) is 5.32 Å².